The monoisotopic (exact) mass is 393 g/mol. The molecule has 0 spiro atoms. The SMILES string of the molecule is CC1CN(S(=O)(=O)c2ccc(C(=O)NCC3=CCNCC3)cc2)CC(C)O1. The number of ether oxygens (including phenoxy) is 1. The lowest BCUT2D eigenvalue weighted by Gasteiger charge is -2.34. The van der Waals surface area contributed by atoms with Crippen LogP contribution in [0.3, 0.4) is 0 Å². The maximum absolute atomic E-state index is 12.8. The molecular formula is C19H27N3O4S. The van der Waals surface area contributed by atoms with E-state index in [-0.39, 0.29) is 23.0 Å². The molecule has 7 nitrogen and oxygen atoms in total. The van der Waals surface area contributed by atoms with Gasteiger partial charge in [0.2, 0.25) is 10.0 Å². The van der Waals surface area contributed by atoms with Crippen molar-refractivity contribution in [1.82, 2.24) is 14.9 Å². The van der Waals surface area contributed by atoms with Crippen molar-refractivity contribution in [2.75, 3.05) is 32.7 Å². The molecule has 0 saturated carbocycles. The number of hydrogen-bond donors (Lipinski definition) is 2. The zero-order chi connectivity index (χ0) is 19.4. The highest BCUT2D eigenvalue weighted by Crippen LogP contribution is 2.21. The third-order valence-electron chi connectivity index (χ3n) is 4.77. The predicted molar refractivity (Wildman–Crippen MR) is 103 cm³/mol. The maximum atomic E-state index is 12.8. The Morgan fingerprint density at radius 2 is 1.89 bits per heavy atom. The van der Waals surface area contributed by atoms with Crippen LogP contribution in [0.4, 0.5) is 0 Å². The van der Waals surface area contributed by atoms with Crippen molar-refractivity contribution in [3.05, 3.63) is 41.5 Å². The molecule has 3 rings (SSSR count). The van der Waals surface area contributed by atoms with Crippen molar-refractivity contribution in [2.45, 2.75) is 37.4 Å². The summed E-state index contributed by atoms with van der Waals surface area (Å²) in [6, 6.07) is 6.12. The van der Waals surface area contributed by atoms with Gasteiger partial charge in [-0.1, -0.05) is 11.6 Å². The van der Waals surface area contributed by atoms with Gasteiger partial charge in [-0.25, -0.2) is 8.42 Å². The van der Waals surface area contributed by atoms with Crippen LogP contribution >= 0.6 is 0 Å². The van der Waals surface area contributed by atoms with Crippen LogP contribution in [0.25, 0.3) is 0 Å². The minimum absolute atomic E-state index is 0.141. The number of benzene rings is 1. The summed E-state index contributed by atoms with van der Waals surface area (Å²) in [4.78, 5) is 12.5. The van der Waals surface area contributed by atoms with Gasteiger partial charge < -0.3 is 15.4 Å². The largest absolute Gasteiger partial charge is 0.373 e. The number of hydrogen-bond acceptors (Lipinski definition) is 5. The molecule has 2 heterocycles. The molecule has 1 aromatic carbocycles. The zero-order valence-corrected chi connectivity index (χ0v) is 16.6. The summed E-state index contributed by atoms with van der Waals surface area (Å²) in [7, 11) is -3.59. The van der Waals surface area contributed by atoms with Gasteiger partial charge in [0, 0.05) is 31.7 Å². The third kappa shape index (κ3) is 4.95. The number of nitrogens with zero attached hydrogens (tertiary/aromatic N) is 1. The highest BCUT2D eigenvalue weighted by molar-refractivity contribution is 7.89. The van der Waals surface area contributed by atoms with E-state index in [1.54, 1.807) is 12.1 Å². The number of carbonyl (C=O) groups is 1. The average Bonchev–Trinajstić information content (AvgIpc) is 2.66. The summed E-state index contributed by atoms with van der Waals surface area (Å²) in [6.45, 7) is 6.66. The Balaban J connectivity index is 1.65. The van der Waals surface area contributed by atoms with Gasteiger partial charge in [0.1, 0.15) is 0 Å². The van der Waals surface area contributed by atoms with E-state index in [0.29, 0.717) is 25.2 Å². The van der Waals surface area contributed by atoms with Crippen LogP contribution in [0.5, 0.6) is 0 Å². The second-order valence-corrected chi connectivity index (χ2v) is 9.04. The molecule has 8 heteroatoms. The highest BCUT2D eigenvalue weighted by Gasteiger charge is 2.32. The Morgan fingerprint density at radius 3 is 2.48 bits per heavy atom. The molecule has 2 aliphatic rings. The second kappa shape index (κ2) is 8.52. The van der Waals surface area contributed by atoms with Crippen molar-refractivity contribution < 1.29 is 17.9 Å². The van der Waals surface area contributed by atoms with E-state index in [4.69, 9.17) is 4.74 Å². The van der Waals surface area contributed by atoms with E-state index in [0.717, 1.165) is 19.5 Å². The molecule has 1 saturated heterocycles. The van der Waals surface area contributed by atoms with Crippen molar-refractivity contribution >= 4 is 15.9 Å². The molecule has 1 fully saturated rings. The maximum Gasteiger partial charge on any atom is 0.251 e. The molecule has 2 N–H and O–H groups in total. The van der Waals surface area contributed by atoms with E-state index in [1.165, 1.54) is 22.0 Å². The van der Waals surface area contributed by atoms with Crippen LogP contribution in [0.2, 0.25) is 0 Å². The average molecular weight is 394 g/mol. The van der Waals surface area contributed by atoms with Crippen LogP contribution in [0.1, 0.15) is 30.6 Å². The fourth-order valence-electron chi connectivity index (χ4n) is 3.38. The number of sulfonamides is 1. The first-order valence-electron chi connectivity index (χ1n) is 9.29. The zero-order valence-electron chi connectivity index (χ0n) is 15.8. The van der Waals surface area contributed by atoms with Crippen molar-refractivity contribution in [3.8, 4) is 0 Å². The summed E-state index contributed by atoms with van der Waals surface area (Å²) in [5.74, 6) is -0.202. The summed E-state index contributed by atoms with van der Waals surface area (Å²) in [6.07, 6.45) is 2.73. The van der Waals surface area contributed by atoms with Crippen LogP contribution in [0.15, 0.2) is 40.8 Å². The molecule has 27 heavy (non-hydrogen) atoms. The first-order chi connectivity index (χ1) is 12.9. The van der Waals surface area contributed by atoms with Crippen molar-refractivity contribution in [1.29, 1.82) is 0 Å². The number of carbonyl (C=O) groups excluding carboxylic acids is 1. The predicted octanol–water partition coefficient (Wildman–Crippen LogP) is 1.13. The molecule has 1 amide bonds. The summed E-state index contributed by atoms with van der Waals surface area (Å²) < 4.78 is 32.8. The lowest BCUT2D eigenvalue weighted by molar-refractivity contribution is -0.0440. The minimum Gasteiger partial charge on any atom is -0.373 e. The van der Waals surface area contributed by atoms with Gasteiger partial charge in [-0.3, -0.25) is 4.79 Å². The molecule has 0 aliphatic carbocycles. The van der Waals surface area contributed by atoms with E-state index >= 15 is 0 Å². The summed E-state index contributed by atoms with van der Waals surface area (Å²) >= 11 is 0. The smallest absolute Gasteiger partial charge is 0.251 e. The number of nitrogens with one attached hydrogen (secondary N) is 2. The first kappa shape index (κ1) is 20.0. The van der Waals surface area contributed by atoms with Crippen LogP contribution in [-0.2, 0) is 14.8 Å². The van der Waals surface area contributed by atoms with E-state index in [1.807, 2.05) is 13.8 Å². The Kier molecular flexibility index (Phi) is 6.31. The molecule has 148 valence electrons. The van der Waals surface area contributed by atoms with Gasteiger partial charge in [0.05, 0.1) is 17.1 Å². The van der Waals surface area contributed by atoms with Gasteiger partial charge in [-0.15, -0.1) is 0 Å². The lowest BCUT2D eigenvalue weighted by atomic mass is 10.1. The molecule has 2 aliphatic heterocycles. The van der Waals surface area contributed by atoms with Gasteiger partial charge >= 0.3 is 0 Å². The Morgan fingerprint density at radius 1 is 1.22 bits per heavy atom. The van der Waals surface area contributed by atoms with Crippen LogP contribution < -0.4 is 10.6 Å². The number of morpholine rings is 1. The fourth-order valence-corrected chi connectivity index (χ4v) is 4.97. The molecular weight excluding hydrogens is 366 g/mol. The normalized spacial score (nSPS) is 24.3. The summed E-state index contributed by atoms with van der Waals surface area (Å²) in [5.41, 5.74) is 1.66. The first-order valence-corrected chi connectivity index (χ1v) is 10.7. The molecule has 1 aromatic rings. The van der Waals surface area contributed by atoms with Gasteiger partial charge in [-0.05, 0) is 51.1 Å². The summed E-state index contributed by atoms with van der Waals surface area (Å²) in [5, 5.41) is 6.12. The van der Waals surface area contributed by atoms with Gasteiger partial charge in [0.25, 0.3) is 5.91 Å². The van der Waals surface area contributed by atoms with Crippen molar-refractivity contribution in [3.63, 3.8) is 0 Å². The molecule has 2 atom stereocenters. The van der Waals surface area contributed by atoms with Crippen LogP contribution in [-0.4, -0.2) is 63.6 Å². The van der Waals surface area contributed by atoms with Crippen LogP contribution in [0, 0.1) is 0 Å². The van der Waals surface area contributed by atoms with E-state index in [2.05, 4.69) is 16.7 Å². The quantitative estimate of drug-likeness (QED) is 0.733. The van der Waals surface area contributed by atoms with Gasteiger partial charge in [0.15, 0.2) is 0 Å². The molecule has 0 radical (unpaired) electrons. The fraction of sp³-hybridized carbons (Fsp3) is 0.526. The van der Waals surface area contributed by atoms with Gasteiger partial charge in [-0.2, -0.15) is 4.31 Å². The number of rotatable bonds is 5. The Labute approximate surface area is 160 Å². The topological polar surface area (TPSA) is 87.7 Å². The molecule has 0 bridgehead atoms. The minimum atomic E-state index is -3.59. The number of amides is 1. The highest BCUT2D eigenvalue weighted by atomic mass is 32.2. The molecule has 0 aromatic heterocycles. The third-order valence-corrected chi connectivity index (χ3v) is 6.62. The second-order valence-electron chi connectivity index (χ2n) is 7.10. The molecule has 2 unspecified atom stereocenters. The Bertz CT molecular complexity index is 795. The van der Waals surface area contributed by atoms with Crippen molar-refractivity contribution in [2.24, 2.45) is 0 Å². The van der Waals surface area contributed by atoms with E-state index < -0.39 is 10.0 Å². The van der Waals surface area contributed by atoms with E-state index in [9.17, 15) is 13.2 Å². The standard InChI is InChI=1S/C19H27N3O4S/c1-14-12-22(13-15(2)26-14)27(24,25)18-5-3-17(4-6-18)19(23)21-11-16-7-9-20-10-8-16/h3-7,14-15,20H,8-13H2,1-2H3,(H,21,23). The Hall–Kier alpha value is -1.74. The lowest BCUT2D eigenvalue weighted by Crippen LogP contribution is -2.48.